The standard InChI is InChI=1S/C39H50FN5O10S/c1-5-25-19-39(25,35(49)43-56(52,53)28-15-16-28)42-33(47)32-18-27(54-37(51)44-20-24-10-7-11-30(40)29(24)22-44)21-45(32)34(48)31(41-36(50)55-38(2,3)4)17-14-26(46)13-12-23-8-6-9-23/h5,7,10-13,23,25,27-28,31-32H,1,6,8-9,14-22H2,2-4H3,(H,41,50)(H,42,47)(H,43,49)/b13-12+/t25?,27-,31+,32?,39-/m1/s1. The van der Waals surface area contributed by atoms with E-state index in [2.05, 4.69) is 21.9 Å². The summed E-state index contributed by atoms with van der Waals surface area (Å²) in [6.07, 6.45) is 5.39. The van der Waals surface area contributed by atoms with Gasteiger partial charge in [-0.1, -0.05) is 30.7 Å². The first-order valence-corrected chi connectivity index (χ1v) is 20.7. The number of carbonyl (C=O) groups is 6. The molecule has 0 spiro atoms. The van der Waals surface area contributed by atoms with Crippen LogP contribution in [0.5, 0.6) is 0 Å². The van der Waals surface area contributed by atoms with Crippen LogP contribution in [0.15, 0.2) is 43.0 Å². The van der Waals surface area contributed by atoms with Crippen molar-refractivity contribution in [2.45, 2.75) is 126 Å². The summed E-state index contributed by atoms with van der Waals surface area (Å²) in [5.41, 5.74) is -1.63. The summed E-state index contributed by atoms with van der Waals surface area (Å²) in [4.78, 5) is 83.8. The number of allylic oxidation sites excluding steroid dienone is 2. The summed E-state index contributed by atoms with van der Waals surface area (Å²) >= 11 is 0. The largest absolute Gasteiger partial charge is 0.444 e. The van der Waals surface area contributed by atoms with Crippen molar-refractivity contribution in [1.29, 1.82) is 0 Å². The summed E-state index contributed by atoms with van der Waals surface area (Å²) in [5.74, 6) is -3.55. The first-order chi connectivity index (χ1) is 26.4. The molecule has 0 radical (unpaired) electrons. The zero-order valence-corrected chi connectivity index (χ0v) is 32.7. The van der Waals surface area contributed by atoms with Crippen LogP contribution >= 0.6 is 0 Å². The number of fused-ring (bicyclic) bond motifs is 1. The maximum absolute atomic E-state index is 14.5. The van der Waals surface area contributed by atoms with Crippen molar-refractivity contribution in [1.82, 2.24) is 25.2 Å². The molecule has 2 aliphatic heterocycles. The summed E-state index contributed by atoms with van der Waals surface area (Å²) in [5, 5.41) is 4.52. The molecular formula is C39H50FN5O10S. The highest BCUT2D eigenvalue weighted by molar-refractivity contribution is 7.91. The average molecular weight is 800 g/mol. The zero-order valence-electron chi connectivity index (χ0n) is 31.9. The summed E-state index contributed by atoms with van der Waals surface area (Å²) in [6.45, 7) is 8.37. The zero-order chi connectivity index (χ0) is 40.6. The lowest BCUT2D eigenvalue weighted by Crippen LogP contribution is -2.58. The maximum Gasteiger partial charge on any atom is 0.410 e. The van der Waals surface area contributed by atoms with E-state index in [-0.39, 0.29) is 51.1 Å². The third-order valence-electron chi connectivity index (χ3n) is 10.9. The molecular weight excluding hydrogens is 750 g/mol. The highest BCUT2D eigenvalue weighted by atomic mass is 32.2. The first-order valence-electron chi connectivity index (χ1n) is 19.1. The summed E-state index contributed by atoms with van der Waals surface area (Å²) < 4.78 is 53.1. The number of likely N-dealkylation sites (tertiary alicyclic amines) is 1. The number of ether oxygens (including phenoxy) is 2. The van der Waals surface area contributed by atoms with Crippen molar-refractivity contribution in [2.75, 3.05) is 6.54 Å². The molecule has 1 aromatic carbocycles. The van der Waals surface area contributed by atoms with Crippen LogP contribution in [0.4, 0.5) is 14.0 Å². The number of sulfonamides is 1. The van der Waals surface area contributed by atoms with Gasteiger partial charge < -0.3 is 25.0 Å². The van der Waals surface area contributed by atoms with Crippen molar-refractivity contribution >= 4 is 45.7 Å². The van der Waals surface area contributed by atoms with E-state index in [4.69, 9.17) is 9.47 Å². The van der Waals surface area contributed by atoms with Gasteiger partial charge in [0.05, 0.1) is 18.3 Å². The molecule has 5 atom stereocenters. The van der Waals surface area contributed by atoms with Gasteiger partial charge >= 0.3 is 12.2 Å². The number of amides is 5. The molecule has 3 N–H and O–H groups in total. The van der Waals surface area contributed by atoms with Crippen LogP contribution in [0, 0.1) is 17.7 Å². The second-order valence-corrected chi connectivity index (χ2v) is 18.4. The van der Waals surface area contributed by atoms with Crippen molar-refractivity contribution in [3.63, 3.8) is 0 Å². The number of hydrogen-bond donors (Lipinski definition) is 3. The van der Waals surface area contributed by atoms with E-state index >= 15 is 0 Å². The number of benzene rings is 1. The Morgan fingerprint density at radius 3 is 2.43 bits per heavy atom. The number of alkyl carbamates (subject to hydrolysis) is 1. The molecule has 1 aromatic rings. The number of nitrogens with one attached hydrogen (secondary N) is 3. The van der Waals surface area contributed by atoms with E-state index in [1.807, 2.05) is 6.08 Å². The Morgan fingerprint density at radius 1 is 1.09 bits per heavy atom. The third-order valence-corrected chi connectivity index (χ3v) is 12.7. The van der Waals surface area contributed by atoms with E-state index in [0.717, 1.165) is 24.2 Å². The van der Waals surface area contributed by atoms with Gasteiger partial charge in [0.2, 0.25) is 21.8 Å². The Balaban J connectivity index is 1.22. The van der Waals surface area contributed by atoms with Crippen molar-refractivity contribution < 1.29 is 51.0 Å². The molecule has 3 aliphatic carbocycles. The minimum Gasteiger partial charge on any atom is -0.444 e. The van der Waals surface area contributed by atoms with E-state index < -0.39 is 86.2 Å². The Bertz CT molecular complexity index is 1920. The molecule has 6 rings (SSSR count). The Labute approximate surface area is 325 Å². The van der Waals surface area contributed by atoms with Crippen LogP contribution in [0.3, 0.4) is 0 Å². The summed E-state index contributed by atoms with van der Waals surface area (Å²) in [6, 6.07) is 1.82. The van der Waals surface area contributed by atoms with Gasteiger partial charge in [-0.3, -0.25) is 28.8 Å². The van der Waals surface area contributed by atoms with Crippen molar-refractivity contribution in [3.8, 4) is 0 Å². The lowest BCUT2D eigenvalue weighted by Gasteiger charge is -2.30. The van der Waals surface area contributed by atoms with Gasteiger partial charge in [-0.15, -0.1) is 6.58 Å². The molecule has 5 aliphatic rings. The van der Waals surface area contributed by atoms with Gasteiger partial charge in [0.15, 0.2) is 5.78 Å². The molecule has 1 saturated heterocycles. The van der Waals surface area contributed by atoms with E-state index in [1.54, 1.807) is 26.8 Å². The molecule has 15 nitrogen and oxygen atoms in total. The second kappa shape index (κ2) is 16.0. The molecule has 5 amide bonds. The first kappa shape index (κ1) is 40.9. The fourth-order valence-corrected chi connectivity index (χ4v) is 8.64. The maximum atomic E-state index is 14.5. The number of rotatable bonds is 14. The highest BCUT2D eigenvalue weighted by Crippen LogP contribution is 2.45. The van der Waals surface area contributed by atoms with Crippen LogP contribution in [-0.2, 0) is 51.8 Å². The Morgan fingerprint density at radius 2 is 1.82 bits per heavy atom. The fraction of sp³-hybridized carbons (Fsp3) is 0.590. The minimum absolute atomic E-state index is 0.0461. The van der Waals surface area contributed by atoms with Crippen LogP contribution in [-0.4, -0.2) is 95.0 Å². The molecule has 4 fully saturated rings. The van der Waals surface area contributed by atoms with Gasteiger partial charge in [-0.2, -0.15) is 0 Å². The molecule has 17 heteroatoms. The van der Waals surface area contributed by atoms with Crippen LogP contribution in [0.25, 0.3) is 0 Å². The number of carbonyl (C=O) groups excluding carboxylic acids is 6. The van der Waals surface area contributed by atoms with Gasteiger partial charge in [0, 0.05) is 30.9 Å². The lowest BCUT2D eigenvalue weighted by molar-refractivity contribution is -0.141. The molecule has 3 saturated carbocycles. The van der Waals surface area contributed by atoms with E-state index in [9.17, 15) is 41.6 Å². The average Bonchev–Trinajstić information content (AvgIpc) is 3.99. The summed E-state index contributed by atoms with van der Waals surface area (Å²) in [7, 11) is -3.97. The normalized spacial score (nSPS) is 25.1. The lowest BCUT2D eigenvalue weighted by atomic mass is 9.85. The number of nitrogens with zero attached hydrogens (tertiary/aromatic N) is 2. The SMILES string of the molecule is C=CC1C[C@]1(NC(=O)C1C[C@@H](OC(=O)N2Cc3cccc(F)c3C2)CN1C(=O)[C@H](CCC(=O)/C=C/C1CCC1)NC(=O)OC(C)(C)C)C(=O)NS(=O)(=O)C1CC1. The molecule has 2 heterocycles. The van der Waals surface area contributed by atoms with Crippen molar-refractivity contribution in [2.24, 2.45) is 11.8 Å². The predicted octanol–water partition coefficient (Wildman–Crippen LogP) is 3.52. The van der Waals surface area contributed by atoms with Gasteiger partial charge in [-0.25, -0.2) is 22.4 Å². The van der Waals surface area contributed by atoms with Gasteiger partial charge in [-0.05, 0) is 82.9 Å². The number of halogens is 1. The van der Waals surface area contributed by atoms with Gasteiger partial charge in [0.25, 0.3) is 5.91 Å². The van der Waals surface area contributed by atoms with Crippen LogP contribution in [0.1, 0.15) is 89.7 Å². The van der Waals surface area contributed by atoms with E-state index in [1.165, 1.54) is 29.2 Å². The smallest absolute Gasteiger partial charge is 0.410 e. The number of ketones is 1. The quantitative estimate of drug-likeness (QED) is 0.185. The fourth-order valence-electron chi connectivity index (χ4n) is 7.27. The third kappa shape index (κ3) is 9.41. The molecule has 2 unspecified atom stereocenters. The van der Waals surface area contributed by atoms with Crippen LogP contribution in [0.2, 0.25) is 0 Å². The monoisotopic (exact) mass is 799 g/mol. The minimum atomic E-state index is -3.97. The van der Waals surface area contributed by atoms with Crippen LogP contribution < -0.4 is 15.4 Å². The van der Waals surface area contributed by atoms with Gasteiger partial charge in [0.1, 0.15) is 35.1 Å². The topological polar surface area (TPSA) is 198 Å². The Hall–Kier alpha value is -4.80. The molecule has 0 bridgehead atoms. The highest BCUT2D eigenvalue weighted by Gasteiger charge is 2.62. The number of hydrogen-bond acceptors (Lipinski definition) is 10. The van der Waals surface area contributed by atoms with Crippen molar-refractivity contribution in [3.05, 3.63) is 60.0 Å². The van der Waals surface area contributed by atoms with E-state index in [0.29, 0.717) is 29.9 Å². The molecule has 0 aromatic heterocycles. The molecule has 304 valence electrons. The Kier molecular flexibility index (Phi) is 11.7. The molecule has 56 heavy (non-hydrogen) atoms. The second-order valence-electron chi connectivity index (χ2n) is 16.4. The predicted molar refractivity (Wildman–Crippen MR) is 199 cm³/mol.